The van der Waals surface area contributed by atoms with Gasteiger partial charge in [-0.25, -0.2) is 0 Å². The highest BCUT2D eigenvalue weighted by molar-refractivity contribution is 7.18. The zero-order valence-electron chi connectivity index (χ0n) is 10.7. The second-order valence-corrected chi connectivity index (χ2v) is 5.47. The number of benzene rings is 1. The summed E-state index contributed by atoms with van der Waals surface area (Å²) >= 11 is 7.26. The van der Waals surface area contributed by atoms with Crippen LogP contribution in [0.2, 0.25) is 5.02 Å². The van der Waals surface area contributed by atoms with Crippen LogP contribution in [0.15, 0.2) is 48.8 Å². The highest BCUT2D eigenvalue weighted by Crippen LogP contribution is 2.26. The van der Waals surface area contributed by atoms with Gasteiger partial charge in [0.1, 0.15) is 0 Å². The molecule has 0 spiro atoms. The molecule has 3 rings (SSSR count). The predicted octanol–water partition coefficient (Wildman–Crippen LogP) is 3.51. The van der Waals surface area contributed by atoms with Crippen LogP contribution in [0.5, 0.6) is 0 Å². The molecule has 7 heteroatoms. The molecule has 104 valence electrons. The lowest BCUT2D eigenvalue weighted by atomic mass is 10.2. The molecule has 5 nitrogen and oxygen atoms in total. The van der Waals surface area contributed by atoms with Gasteiger partial charge < -0.3 is 0 Å². The Morgan fingerprint density at radius 1 is 1.14 bits per heavy atom. The zero-order chi connectivity index (χ0) is 14.7. The molecule has 1 aromatic carbocycles. The fourth-order valence-electron chi connectivity index (χ4n) is 1.69. The summed E-state index contributed by atoms with van der Waals surface area (Å²) in [6.07, 6.45) is 3.38. The van der Waals surface area contributed by atoms with E-state index in [1.54, 1.807) is 36.7 Å². The number of nitrogens with zero attached hydrogens (tertiary/aromatic N) is 3. The quantitative estimate of drug-likeness (QED) is 0.803. The topological polar surface area (TPSA) is 67.8 Å². The molecule has 0 atom stereocenters. The molecular formula is C14H9ClN4OS. The number of pyridine rings is 1. The number of carbonyl (C=O) groups excluding carboxylic acids is 1. The van der Waals surface area contributed by atoms with Crippen molar-refractivity contribution >= 4 is 34.0 Å². The normalized spacial score (nSPS) is 10.3. The molecule has 0 aliphatic heterocycles. The van der Waals surface area contributed by atoms with Crippen molar-refractivity contribution in [2.45, 2.75) is 0 Å². The standard InChI is InChI=1S/C14H9ClN4OS/c15-11-6-2-1-5-10(11)12(20)17-14-19-18-13(21-14)9-4-3-7-16-8-9/h1-8H,(H,17,19,20). The van der Waals surface area contributed by atoms with Crippen molar-refractivity contribution < 1.29 is 4.79 Å². The summed E-state index contributed by atoms with van der Waals surface area (Å²) in [6, 6.07) is 10.5. The van der Waals surface area contributed by atoms with Crippen molar-refractivity contribution in [2.24, 2.45) is 0 Å². The van der Waals surface area contributed by atoms with Crippen LogP contribution in [-0.2, 0) is 0 Å². The van der Waals surface area contributed by atoms with Crippen LogP contribution in [0.3, 0.4) is 0 Å². The molecule has 3 aromatic rings. The molecule has 0 unspecified atom stereocenters. The van der Waals surface area contributed by atoms with Gasteiger partial charge in [0, 0.05) is 18.0 Å². The fourth-order valence-corrected chi connectivity index (χ4v) is 2.64. The lowest BCUT2D eigenvalue weighted by Gasteiger charge is -2.02. The molecule has 1 amide bonds. The van der Waals surface area contributed by atoms with E-state index in [2.05, 4.69) is 20.5 Å². The Kier molecular flexibility index (Phi) is 3.89. The largest absolute Gasteiger partial charge is 0.296 e. The molecule has 0 fully saturated rings. The van der Waals surface area contributed by atoms with E-state index in [9.17, 15) is 4.79 Å². The summed E-state index contributed by atoms with van der Waals surface area (Å²) in [5.74, 6) is -0.311. The summed E-state index contributed by atoms with van der Waals surface area (Å²) in [5.41, 5.74) is 1.26. The highest BCUT2D eigenvalue weighted by Gasteiger charge is 2.13. The van der Waals surface area contributed by atoms with Gasteiger partial charge in [-0.15, -0.1) is 10.2 Å². The summed E-state index contributed by atoms with van der Waals surface area (Å²) < 4.78 is 0. The first kappa shape index (κ1) is 13.7. The average Bonchev–Trinajstić information content (AvgIpc) is 2.97. The fraction of sp³-hybridized carbons (Fsp3) is 0. The number of rotatable bonds is 3. The van der Waals surface area contributed by atoms with Crippen molar-refractivity contribution in [3.05, 3.63) is 59.4 Å². The molecule has 2 heterocycles. The van der Waals surface area contributed by atoms with Crippen LogP contribution in [-0.4, -0.2) is 21.1 Å². The second-order valence-electron chi connectivity index (χ2n) is 4.09. The maximum Gasteiger partial charge on any atom is 0.259 e. The van der Waals surface area contributed by atoms with Crippen LogP contribution < -0.4 is 5.32 Å². The maximum absolute atomic E-state index is 12.1. The number of hydrogen-bond donors (Lipinski definition) is 1. The molecular weight excluding hydrogens is 308 g/mol. The first-order valence-electron chi connectivity index (χ1n) is 6.04. The highest BCUT2D eigenvalue weighted by atomic mass is 35.5. The lowest BCUT2D eigenvalue weighted by molar-refractivity contribution is 0.102. The van der Waals surface area contributed by atoms with Gasteiger partial charge in [-0.1, -0.05) is 35.1 Å². The number of nitrogens with one attached hydrogen (secondary N) is 1. The molecule has 1 N–H and O–H groups in total. The van der Waals surface area contributed by atoms with E-state index in [1.165, 1.54) is 11.3 Å². The van der Waals surface area contributed by atoms with E-state index < -0.39 is 0 Å². The maximum atomic E-state index is 12.1. The number of anilines is 1. The Labute approximate surface area is 129 Å². The average molecular weight is 317 g/mol. The molecule has 0 saturated carbocycles. The molecule has 0 saturated heterocycles. The first-order chi connectivity index (χ1) is 10.2. The van der Waals surface area contributed by atoms with Gasteiger partial charge in [0.15, 0.2) is 5.01 Å². The summed E-state index contributed by atoms with van der Waals surface area (Å²) in [6.45, 7) is 0. The third-order valence-electron chi connectivity index (χ3n) is 2.67. The van der Waals surface area contributed by atoms with Crippen molar-refractivity contribution in [1.29, 1.82) is 0 Å². The van der Waals surface area contributed by atoms with Crippen LogP contribution >= 0.6 is 22.9 Å². The number of halogens is 1. The molecule has 0 bridgehead atoms. The monoisotopic (exact) mass is 316 g/mol. The number of amides is 1. The van der Waals surface area contributed by atoms with E-state index in [0.29, 0.717) is 20.7 Å². The zero-order valence-corrected chi connectivity index (χ0v) is 12.2. The number of hydrogen-bond acceptors (Lipinski definition) is 5. The van der Waals surface area contributed by atoms with Gasteiger partial charge in [0.2, 0.25) is 5.13 Å². The first-order valence-corrected chi connectivity index (χ1v) is 7.23. The molecule has 0 aliphatic rings. The van der Waals surface area contributed by atoms with Crippen LogP contribution in [0.1, 0.15) is 10.4 Å². The summed E-state index contributed by atoms with van der Waals surface area (Å²) in [4.78, 5) is 16.1. The van der Waals surface area contributed by atoms with Gasteiger partial charge in [-0.05, 0) is 24.3 Å². The Hall–Kier alpha value is -2.31. The van der Waals surface area contributed by atoms with Crippen molar-refractivity contribution in [3.8, 4) is 10.6 Å². The van der Waals surface area contributed by atoms with Crippen LogP contribution in [0.4, 0.5) is 5.13 Å². The van der Waals surface area contributed by atoms with Crippen molar-refractivity contribution in [1.82, 2.24) is 15.2 Å². The Morgan fingerprint density at radius 3 is 2.76 bits per heavy atom. The third kappa shape index (κ3) is 3.07. The van der Waals surface area contributed by atoms with Gasteiger partial charge in [-0.2, -0.15) is 0 Å². The number of carbonyl (C=O) groups is 1. The Balaban J connectivity index is 1.79. The van der Waals surface area contributed by atoms with E-state index in [1.807, 2.05) is 12.1 Å². The van der Waals surface area contributed by atoms with Crippen LogP contribution in [0, 0.1) is 0 Å². The SMILES string of the molecule is O=C(Nc1nnc(-c2cccnc2)s1)c1ccccc1Cl. The van der Waals surface area contributed by atoms with Gasteiger partial charge in [0.05, 0.1) is 10.6 Å². The minimum Gasteiger partial charge on any atom is -0.296 e. The minimum atomic E-state index is -0.311. The van der Waals surface area contributed by atoms with Gasteiger partial charge in [0.25, 0.3) is 5.91 Å². The smallest absolute Gasteiger partial charge is 0.259 e. The molecule has 0 aliphatic carbocycles. The summed E-state index contributed by atoms with van der Waals surface area (Å²) in [5, 5.41) is 12.2. The second kappa shape index (κ2) is 5.99. The van der Waals surface area contributed by atoms with E-state index in [-0.39, 0.29) is 5.91 Å². The van der Waals surface area contributed by atoms with Crippen molar-refractivity contribution in [3.63, 3.8) is 0 Å². The number of aromatic nitrogens is 3. The van der Waals surface area contributed by atoms with Gasteiger partial charge >= 0.3 is 0 Å². The van der Waals surface area contributed by atoms with E-state index in [4.69, 9.17) is 11.6 Å². The molecule has 21 heavy (non-hydrogen) atoms. The van der Waals surface area contributed by atoms with Crippen molar-refractivity contribution in [2.75, 3.05) is 5.32 Å². The van der Waals surface area contributed by atoms with E-state index >= 15 is 0 Å². The Morgan fingerprint density at radius 2 is 2.00 bits per heavy atom. The molecule has 2 aromatic heterocycles. The summed E-state index contributed by atoms with van der Waals surface area (Å²) in [7, 11) is 0. The minimum absolute atomic E-state index is 0.311. The Bertz CT molecular complexity index is 775. The van der Waals surface area contributed by atoms with E-state index in [0.717, 1.165) is 5.56 Å². The lowest BCUT2D eigenvalue weighted by Crippen LogP contribution is -2.12. The van der Waals surface area contributed by atoms with Gasteiger partial charge in [-0.3, -0.25) is 15.1 Å². The third-order valence-corrected chi connectivity index (χ3v) is 3.89. The van der Waals surface area contributed by atoms with Crippen LogP contribution in [0.25, 0.3) is 10.6 Å². The predicted molar refractivity (Wildman–Crippen MR) is 82.5 cm³/mol. The molecule has 0 radical (unpaired) electrons.